The van der Waals surface area contributed by atoms with E-state index >= 15 is 0 Å². The Morgan fingerprint density at radius 1 is 1.32 bits per heavy atom. The van der Waals surface area contributed by atoms with E-state index in [0.29, 0.717) is 17.0 Å². The van der Waals surface area contributed by atoms with E-state index in [-0.39, 0.29) is 17.7 Å². The molecule has 1 saturated carbocycles. The summed E-state index contributed by atoms with van der Waals surface area (Å²) in [6, 6.07) is 6.95. The minimum Gasteiger partial charge on any atom is -0.349 e. The first-order chi connectivity index (χ1) is 8.85. The Kier molecular flexibility index (Phi) is 3.94. The minimum absolute atomic E-state index is 0.00732. The van der Waals surface area contributed by atoms with Gasteiger partial charge in [-0.2, -0.15) is 0 Å². The molecule has 5 heteroatoms. The van der Waals surface area contributed by atoms with Gasteiger partial charge < -0.3 is 5.32 Å². The molecule has 0 saturated heterocycles. The smallest absolute Gasteiger partial charge is 0.251 e. The van der Waals surface area contributed by atoms with Crippen molar-refractivity contribution in [1.82, 2.24) is 5.32 Å². The number of carbonyl (C=O) groups excluding carboxylic acids is 1. The fourth-order valence-electron chi connectivity index (χ4n) is 2.06. The van der Waals surface area contributed by atoms with Crippen LogP contribution in [0.1, 0.15) is 35.7 Å². The predicted octanol–water partition coefficient (Wildman–Crippen LogP) is 1.76. The van der Waals surface area contributed by atoms with Crippen molar-refractivity contribution in [2.45, 2.75) is 31.6 Å². The monoisotopic (exact) mass is 281 g/mol. The summed E-state index contributed by atoms with van der Waals surface area (Å²) in [4.78, 5) is 12.0. The van der Waals surface area contributed by atoms with E-state index in [9.17, 15) is 13.2 Å². The van der Waals surface area contributed by atoms with Crippen molar-refractivity contribution in [2.75, 3.05) is 6.26 Å². The van der Waals surface area contributed by atoms with Crippen LogP contribution >= 0.6 is 0 Å². The Labute approximate surface area is 114 Å². The molecule has 1 amide bonds. The number of amides is 1. The molecule has 19 heavy (non-hydrogen) atoms. The quantitative estimate of drug-likeness (QED) is 0.894. The number of sulfone groups is 1. The molecular formula is C14H19NO3S. The van der Waals surface area contributed by atoms with Gasteiger partial charge in [0.05, 0.1) is 5.75 Å². The lowest BCUT2D eigenvalue weighted by atomic mass is 10.1. The molecule has 1 aromatic carbocycles. The van der Waals surface area contributed by atoms with Gasteiger partial charge in [-0.25, -0.2) is 8.42 Å². The second-order valence-corrected chi connectivity index (χ2v) is 7.51. The molecule has 1 aromatic rings. The molecule has 1 atom stereocenters. The first-order valence-electron chi connectivity index (χ1n) is 6.43. The van der Waals surface area contributed by atoms with E-state index in [2.05, 4.69) is 5.32 Å². The van der Waals surface area contributed by atoms with Crippen LogP contribution in [0.5, 0.6) is 0 Å². The lowest BCUT2D eigenvalue weighted by molar-refractivity contribution is 0.0936. The van der Waals surface area contributed by atoms with Crippen molar-refractivity contribution < 1.29 is 13.2 Å². The van der Waals surface area contributed by atoms with E-state index in [1.165, 1.54) is 19.1 Å². The molecule has 1 aliphatic carbocycles. The highest BCUT2D eigenvalue weighted by molar-refractivity contribution is 7.89. The fourth-order valence-corrected chi connectivity index (χ4v) is 2.86. The molecular weight excluding hydrogens is 262 g/mol. The number of hydrogen-bond acceptors (Lipinski definition) is 3. The Balaban J connectivity index is 1.99. The second kappa shape index (κ2) is 5.33. The lowest BCUT2D eigenvalue weighted by Crippen LogP contribution is -2.33. The molecule has 0 aromatic heterocycles. The van der Waals surface area contributed by atoms with Crippen molar-refractivity contribution in [3.05, 3.63) is 35.4 Å². The number of rotatable bonds is 5. The van der Waals surface area contributed by atoms with E-state index in [4.69, 9.17) is 0 Å². The number of hydrogen-bond donors (Lipinski definition) is 1. The van der Waals surface area contributed by atoms with Gasteiger partial charge in [-0.1, -0.05) is 12.1 Å². The molecule has 0 heterocycles. The molecule has 0 radical (unpaired) electrons. The van der Waals surface area contributed by atoms with Gasteiger partial charge in [-0.15, -0.1) is 0 Å². The Morgan fingerprint density at radius 2 is 1.89 bits per heavy atom. The normalized spacial score (nSPS) is 16.9. The van der Waals surface area contributed by atoms with E-state index in [0.717, 1.165) is 0 Å². The fraction of sp³-hybridized carbons (Fsp3) is 0.500. The Morgan fingerprint density at radius 3 is 2.37 bits per heavy atom. The van der Waals surface area contributed by atoms with Crippen molar-refractivity contribution >= 4 is 15.7 Å². The largest absolute Gasteiger partial charge is 0.349 e. The third-order valence-corrected chi connectivity index (χ3v) is 4.19. The maximum Gasteiger partial charge on any atom is 0.251 e. The van der Waals surface area contributed by atoms with Crippen molar-refractivity contribution in [2.24, 2.45) is 5.92 Å². The van der Waals surface area contributed by atoms with Crippen LogP contribution in [-0.4, -0.2) is 26.6 Å². The lowest BCUT2D eigenvalue weighted by Gasteiger charge is -2.12. The highest BCUT2D eigenvalue weighted by Crippen LogP contribution is 2.32. The van der Waals surface area contributed by atoms with Crippen molar-refractivity contribution in [1.29, 1.82) is 0 Å². The molecule has 1 N–H and O–H groups in total. The third-order valence-electron chi connectivity index (χ3n) is 3.33. The molecule has 1 unspecified atom stereocenters. The highest BCUT2D eigenvalue weighted by atomic mass is 32.2. The third kappa shape index (κ3) is 4.35. The van der Waals surface area contributed by atoms with E-state index in [1.807, 2.05) is 6.92 Å². The van der Waals surface area contributed by atoms with E-state index < -0.39 is 9.84 Å². The van der Waals surface area contributed by atoms with Gasteiger partial charge in [0.25, 0.3) is 5.91 Å². The van der Waals surface area contributed by atoms with Gasteiger partial charge in [-0.05, 0) is 43.4 Å². The Hall–Kier alpha value is -1.36. The number of nitrogens with one attached hydrogen (secondary N) is 1. The molecule has 0 aliphatic heterocycles. The molecule has 0 bridgehead atoms. The molecule has 4 nitrogen and oxygen atoms in total. The predicted molar refractivity (Wildman–Crippen MR) is 74.6 cm³/mol. The molecule has 2 rings (SSSR count). The summed E-state index contributed by atoms with van der Waals surface area (Å²) in [5.41, 5.74) is 1.28. The van der Waals surface area contributed by atoms with Crippen LogP contribution in [0, 0.1) is 5.92 Å². The van der Waals surface area contributed by atoms with Crippen LogP contribution in [0.3, 0.4) is 0 Å². The summed E-state index contributed by atoms with van der Waals surface area (Å²) in [5.74, 6) is 0.534. The standard InChI is InChI=1S/C14H19NO3S/c1-10(12-7-8-12)15-14(16)13-5-3-11(4-6-13)9-19(2,17)18/h3-6,10,12H,7-9H2,1-2H3,(H,15,16). The maximum absolute atomic E-state index is 12.0. The van der Waals surface area contributed by atoms with Crippen LogP contribution in [0.15, 0.2) is 24.3 Å². The van der Waals surface area contributed by atoms with Crippen molar-refractivity contribution in [3.8, 4) is 0 Å². The minimum atomic E-state index is -3.03. The highest BCUT2D eigenvalue weighted by Gasteiger charge is 2.28. The maximum atomic E-state index is 12.0. The molecule has 104 valence electrons. The van der Waals surface area contributed by atoms with Crippen LogP contribution in [0.2, 0.25) is 0 Å². The zero-order chi connectivity index (χ0) is 14.0. The first-order valence-corrected chi connectivity index (χ1v) is 8.49. The SMILES string of the molecule is CC(NC(=O)c1ccc(CS(C)(=O)=O)cc1)C1CC1. The molecule has 1 fully saturated rings. The van der Waals surface area contributed by atoms with Gasteiger partial charge in [0, 0.05) is 17.9 Å². The van der Waals surface area contributed by atoms with Crippen LogP contribution in [0.25, 0.3) is 0 Å². The van der Waals surface area contributed by atoms with Gasteiger partial charge in [0.2, 0.25) is 0 Å². The number of carbonyl (C=O) groups is 1. The number of benzene rings is 1. The molecule has 0 spiro atoms. The van der Waals surface area contributed by atoms with Gasteiger partial charge in [0.15, 0.2) is 9.84 Å². The van der Waals surface area contributed by atoms with Gasteiger partial charge >= 0.3 is 0 Å². The van der Waals surface area contributed by atoms with Crippen LogP contribution in [0.4, 0.5) is 0 Å². The average molecular weight is 281 g/mol. The van der Waals surface area contributed by atoms with Gasteiger partial charge in [-0.3, -0.25) is 4.79 Å². The first kappa shape index (κ1) is 14.1. The zero-order valence-corrected chi connectivity index (χ0v) is 12.0. The Bertz CT molecular complexity index is 559. The van der Waals surface area contributed by atoms with Crippen molar-refractivity contribution in [3.63, 3.8) is 0 Å². The summed E-state index contributed by atoms with van der Waals surface area (Å²) in [5, 5.41) is 2.97. The molecule has 1 aliphatic rings. The summed E-state index contributed by atoms with van der Waals surface area (Å²) < 4.78 is 22.3. The summed E-state index contributed by atoms with van der Waals surface area (Å²) in [7, 11) is -3.03. The van der Waals surface area contributed by atoms with Crippen LogP contribution < -0.4 is 5.32 Å². The average Bonchev–Trinajstić information content (AvgIpc) is 3.11. The topological polar surface area (TPSA) is 63.2 Å². The second-order valence-electron chi connectivity index (χ2n) is 5.37. The summed E-state index contributed by atoms with van der Waals surface area (Å²) in [6.07, 6.45) is 3.58. The summed E-state index contributed by atoms with van der Waals surface area (Å²) in [6.45, 7) is 2.02. The zero-order valence-electron chi connectivity index (χ0n) is 11.2. The van der Waals surface area contributed by atoms with Crippen LogP contribution in [-0.2, 0) is 15.6 Å². The summed E-state index contributed by atoms with van der Waals surface area (Å²) >= 11 is 0. The van der Waals surface area contributed by atoms with E-state index in [1.54, 1.807) is 24.3 Å². The van der Waals surface area contributed by atoms with Gasteiger partial charge in [0.1, 0.15) is 0 Å².